The van der Waals surface area contributed by atoms with Crippen LogP contribution in [0.5, 0.6) is 0 Å². The Morgan fingerprint density at radius 3 is 2.56 bits per heavy atom. The summed E-state index contributed by atoms with van der Waals surface area (Å²) in [5, 5.41) is 15.4. The first-order chi connectivity index (χ1) is 12.0. The maximum atomic E-state index is 12.5. The smallest absolute Gasteiger partial charge is 0.303 e. The second kappa shape index (κ2) is 6.32. The average Bonchev–Trinajstić information content (AvgIpc) is 2.92. The number of nitro groups is 1. The van der Waals surface area contributed by atoms with Gasteiger partial charge in [-0.1, -0.05) is 0 Å². The van der Waals surface area contributed by atoms with E-state index in [9.17, 15) is 24.5 Å². The van der Waals surface area contributed by atoms with Gasteiger partial charge in [-0.05, 0) is 30.3 Å². The van der Waals surface area contributed by atoms with E-state index >= 15 is 0 Å². The lowest BCUT2D eigenvalue weighted by atomic mass is 10.0. The van der Waals surface area contributed by atoms with Gasteiger partial charge in [0.2, 0.25) is 0 Å². The molecular weight excluding hydrogens is 328 g/mol. The molecule has 0 saturated carbocycles. The van der Waals surface area contributed by atoms with Crippen molar-refractivity contribution in [1.29, 1.82) is 0 Å². The van der Waals surface area contributed by atoms with Crippen LogP contribution in [0.4, 0.5) is 10.5 Å². The van der Waals surface area contributed by atoms with Crippen LogP contribution >= 0.6 is 0 Å². The first-order valence-corrected chi connectivity index (χ1v) is 7.03. The molecule has 1 aliphatic rings. The highest BCUT2D eigenvalue weighted by atomic mass is 16.6. The summed E-state index contributed by atoms with van der Waals surface area (Å²) in [6.07, 6.45) is 4.05. The Bertz CT molecular complexity index is 937. The van der Waals surface area contributed by atoms with Crippen LogP contribution < -0.4 is 10.6 Å². The summed E-state index contributed by atoms with van der Waals surface area (Å²) < 4.78 is 0. The Labute approximate surface area is 140 Å². The number of ketones is 1. The Morgan fingerprint density at radius 1 is 1.16 bits per heavy atom. The first-order valence-electron chi connectivity index (χ1n) is 7.03. The number of nitrogens with one attached hydrogen (secondary N) is 2. The number of hydrogen-bond acceptors (Lipinski definition) is 6. The molecule has 0 spiro atoms. The summed E-state index contributed by atoms with van der Waals surface area (Å²) in [5.74, 6) is -1.08. The first kappa shape index (κ1) is 16.0. The summed E-state index contributed by atoms with van der Waals surface area (Å²) >= 11 is 0. The van der Waals surface area contributed by atoms with Crippen molar-refractivity contribution in [2.24, 2.45) is 0 Å². The molecule has 0 atom stereocenters. The van der Waals surface area contributed by atoms with Crippen LogP contribution in [0.25, 0.3) is 6.08 Å². The fourth-order valence-electron chi connectivity index (χ4n) is 2.28. The average molecular weight is 338 g/mol. The van der Waals surface area contributed by atoms with Crippen LogP contribution in [0.3, 0.4) is 0 Å². The number of amides is 3. The Kier molecular flexibility index (Phi) is 4.04. The van der Waals surface area contributed by atoms with Gasteiger partial charge in [-0.15, -0.1) is 0 Å². The number of benzene rings is 1. The molecule has 0 radical (unpaired) electrons. The van der Waals surface area contributed by atoms with E-state index in [0.717, 1.165) is 6.08 Å². The number of urea groups is 1. The second-order valence-corrected chi connectivity index (χ2v) is 5.07. The van der Waals surface area contributed by atoms with Crippen molar-refractivity contribution in [2.45, 2.75) is 0 Å². The molecule has 0 unspecified atom stereocenters. The summed E-state index contributed by atoms with van der Waals surface area (Å²) in [4.78, 5) is 49.6. The zero-order valence-electron chi connectivity index (χ0n) is 12.6. The molecule has 2 aromatic rings. The lowest BCUT2D eigenvalue weighted by Gasteiger charge is -2.04. The second-order valence-electron chi connectivity index (χ2n) is 5.07. The Morgan fingerprint density at radius 2 is 1.96 bits per heavy atom. The predicted octanol–water partition coefficient (Wildman–Crippen LogP) is 1.40. The molecule has 0 bridgehead atoms. The highest BCUT2D eigenvalue weighted by Gasteiger charge is 2.25. The van der Waals surface area contributed by atoms with Gasteiger partial charge in [0.05, 0.1) is 10.5 Å². The minimum atomic E-state index is -0.721. The molecule has 2 N–H and O–H groups in total. The Balaban J connectivity index is 2.05. The van der Waals surface area contributed by atoms with Crippen LogP contribution in [0.1, 0.15) is 21.5 Å². The molecule has 0 aliphatic carbocycles. The third-order valence-corrected chi connectivity index (χ3v) is 3.43. The maximum absolute atomic E-state index is 12.5. The highest BCUT2D eigenvalue weighted by Crippen LogP contribution is 2.24. The van der Waals surface area contributed by atoms with Crippen molar-refractivity contribution in [3.8, 4) is 0 Å². The predicted molar refractivity (Wildman–Crippen MR) is 85.4 cm³/mol. The fourth-order valence-corrected chi connectivity index (χ4v) is 2.28. The summed E-state index contributed by atoms with van der Waals surface area (Å²) in [7, 11) is 0. The van der Waals surface area contributed by atoms with Crippen molar-refractivity contribution >= 4 is 29.5 Å². The standard InChI is InChI=1S/C16H10N4O5/c21-14(10-2-1-5-17-8-10)9-3-4-13(20(24)25)11(6-9)7-12-15(22)19-16(23)18-12/h1-8H,(H2,18,19,22,23). The molecule has 1 aromatic heterocycles. The van der Waals surface area contributed by atoms with Gasteiger partial charge >= 0.3 is 6.03 Å². The van der Waals surface area contributed by atoms with E-state index in [0.29, 0.717) is 5.56 Å². The van der Waals surface area contributed by atoms with E-state index < -0.39 is 16.9 Å². The molecule has 1 fully saturated rings. The molecule has 2 heterocycles. The number of pyridine rings is 1. The highest BCUT2D eigenvalue weighted by molar-refractivity contribution is 6.14. The van der Waals surface area contributed by atoms with Crippen LogP contribution in [-0.4, -0.2) is 27.6 Å². The molecule has 9 nitrogen and oxygen atoms in total. The van der Waals surface area contributed by atoms with E-state index in [4.69, 9.17) is 0 Å². The van der Waals surface area contributed by atoms with E-state index in [1.807, 2.05) is 5.32 Å². The molecule has 25 heavy (non-hydrogen) atoms. The van der Waals surface area contributed by atoms with Crippen LogP contribution in [0.2, 0.25) is 0 Å². The lowest BCUT2D eigenvalue weighted by molar-refractivity contribution is -0.385. The van der Waals surface area contributed by atoms with Gasteiger partial charge in [0.25, 0.3) is 11.6 Å². The van der Waals surface area contributed by atoms with Gasteiger partial charge in [-0.3, -0.25) is 30.0 Å². The quantitative estimate of drug-likeness (QED) is 0.285. The fraction of sp³-hybridized carbons (Fsp3) is 0. The molecule has 1 aliphatic heterocycles. The number of nitro benzene ring substituents is 1. The zero-order chi connectivity index (χ0) is 18.0. The number of rotatable bonds is 4. The van der Waals surface area contributed by atoms with Gasteiger partial charge < -0.3 is 5.32 Å². The minimum Gasteiger partial charge on any atom is -0.303 e. The van der Waals surface area contributed by atoms with Crippen molar-refractivity contribution in [3.05, 3.63) is 75.2 Å². The monoisotopic (exact) mass is 338 g/mol. The number of aromatic nitrogens is 1. The normalized spacial score (nSPS) is 15.0. The van der Waals surface area contributed by atoms with Gasteiger partial charge in [-0.25, -0.2) is 4.79 Å². The SMILES string of the molecule is O=C1NC(=O)C(=Cc2cc(C(=O)c3cccnc3)ccc2[N+](=O)[O-])N1. The van der Waals surface area contributed by atoms with Crippen molar-refractivity contribution < 1.29 is 19.3 Å². The summed E-state index contributed by atoms with van der Waals surface area (Å²) in [6.45, 7) is 0. The van der Waals surface area contributed by atoms with Crippen molar-refractivity contribution in [3.63, 3.8) is 0 Å². The van der Waals surface area contributed by atoms with Crippen molar-refractivity contribution in [1.82, 2.24) is 15.6 Å². The van der Waals surface area contributed by atoms with Gasteiger partial charge in [0.1, 0.15) is 5.70 Å². The van der Waals surface area contributed by atoms with E-state index in [1.165, 1.54) is 30.6 Å². The summed E-state index contributed by atoms with van der Waals surface area (Å²) in [5.41, 5.74) is 0.0902. The number of carbonyl (C=O) groups excluding carboxylic acids is 3. The third-order valence-electron chi connectivity index (χ3n) is 3.43. The molecule has 124 valence electrons. The van der Waals surface area contributed by atoms with Crippen molar-refractivity contribution in [2.75, 3.05) is 0 Å². The minimum absolute atomic E-state index is 0.0205. The molecule has 9 heteroatoms. The van der Waals surface area contributed by atoms with Gasteiger partial charge in [-0.2, -0.15) is 0 Å². The van der Waals surface area contributed by atoms with Crippen LogP contribution in [0, 0.1) is 10.1 Å². The number of carbonyl (C=O) groups is 3. The number of hydrogen-bond donors (Lipinski definition) is 2. The molecule has 1 saturated heterocycles. The van der Waals surface area contributed by atoms with E-state index in [2.05, 4.69) is 10.3 Å². The van der Waals surface area contributed by atoms with Gasteiger partial charge in [0.15, 0.2) is 5.78 Å². The largest absolute Gasteiger partial charge is 0.326 e. The molecular formula is C16H10N4O5. The van der Waals surface area contributed by atoms with Crippen LogP contribution in [0.15, 0.2) is 48.4 Å². The Hall–Kier alpha value is -3.88. The van der Waals surface area contributed by atoms with E-state index in [-0.39, 0.29) is 28.3 Å². The number of imide groups is 1. The molecule has 1 aromatic carbocycles. The van der Waals surface area contributed by atoms with Crippen LogP contribution in [-0.2, 0) is 4.79 Å². The molecule has 3 amide bonds. The third kappa shape index (κ3) is 3.24. The van der Waals surface area contributed by atoms with E-state index in [1.54, 1.807) is 12.1 Å². The maximum Gasteiger partial charge on any atom is 0.326 e. The zero-order valence-corrected chi connectivity index (χ0v) is 12.6. The molecule has 3 rings (SSSR count). The van der Waals surface area contributed by atoms with Gasteiger partial charge in [0, 0.05) is 29.6 Å². The topological polar surface area (TPSA) is 131 Å². The lowest BCUT2D eigenvalue weighted by Crippen LogP contribution is -2.22. The summed E-state index contributed by atoms with van der Waals surface area (Å²) in [6, 6.07) is 6.23. The number of nitrogens with zero attached hydrogens (tertiary/aromatic N) is 2.